The summed E-state index contributed by atoms with van der Waals surface area (Å²) in [6.45, 7) is 0.591. The van der Waals surface area contributed by atoms with Crippen molar-refractivity contribution >= 4 is 15.9 Å². The summed E-state index contributed by atoms with van der Waals surface area (Å²) in [5.41, 5.74) is 2.10. The summed E-state index contributed by atoms with van der Waals surface area (Å²) in [4.78, 5) is 16.4. The Bertz CT molecular complexity index is 1040. The van der Waals surface area contributed by atoms with Gasteiger partial charge >= 0.3 is 0 Å². The number of carbonyl (C=O) groups is 1. The fourth-order valence-electron chi connectivity index (χ4n) is 2.69. The van der Waals surface area contributed by atoms with Crippen molar-refractivity contribution in [3.8, 4) is 0 Å². The molecule has 0 unspecified atom stereocenters. The summed E-state index contributed by atoms with van der Waals surface area (Å²) < 4.78 is 27.0. The molecule has 0 radical (unpaired) electrons. The molecular weight excluding hydrogens is 374 g/mol. The molecule has 0 saturated carbocycles. The zero-order valence-corrected chi connectivity index (χ0v) is 16.3. The van der Waals surface area contributed by atoms with E-state index in [2.05, 4.69) is 10.3 Å². The van der Waals surface area contributed by atoms with Gasteiger partial charge in [0.15, 0.2) is 0 Å². The molecule has 6 nitrogen and oxygen atoms in total. The van der Waals surface area contributed by atoms with Crippen molar-refractivity contribution in [2.45, 2.75) is 18.0 Å². The van der Waals surface area contributed by atoms with Crippen LogP contribution in [0.1, 0.15) is 21.5 Å². The lowest BCUT2D eigenvalue weighted by Gasteiger charge is -2.17. The smallest absolute Gasteiger partial charge is 0.251 e. The summed E-state index contributed by atoms with van der Waals surface area (Å²) in [7, 11) is -2.19. The predicted molar refractivity (Wildman–Crippen MR) is 107 cm³/mol. The highest BCUT2D eigenvalue weighted by atomic mass is 32.2. The lowest BCUT2D eigenvalue weighted by molar-refractivity contribution is 0.0950. The number of rotatable bonds is 7. The molecule has 1 N–H and O–H groups in total. The van der Waals surface area contributed by atoms with Crippen molar-refractivity contribution in [2.75, 3.05) is 7.05 Å². The molecule has 0 aliphatic carbocycles. The van der Waals surface area contributed by atoms with Crippen molar-refractivity contribution in [3.63, 3.8) is 0 Å². The van der Waals surface area contributed by atoms with Gasteiger partial charge in [-0.15, -0.1) is 0 Å². The normalized spacial score (nSPS) is 11.4. The fourth-order valence-corrected chi connectivity index (χ4v) is 3.89. The number of pyridine rings is 1. The van der Waals surface area contributed by atoms with Crippen molar-refractivity contribution < 1.29 is 13.2 Å². The maximum atomic E-state index is 12.9. The van der Waals surface area contributed by atoms with Crippen LogP contribution in [0, 0.1) is 0 Å². The maximum absolute atomic E-state index is 12.9. The first kappa shape index (κ1) is 19.7. The lowest BCUT2D eigenvalue weighted by atomic mass is 10.2. The zero-order valence-electron chi connectivity index (χ0n) is 15.4. The van der Waals surface area contributed by atoms with E-state index < -0.39 is 10.0 Å². The van der Waals surface area contributed by atoms with Crippen LogP contribution in [0.3, 0.4) is 0 Å². The average Bonchev–Trinajstić information content (AvgIpc) is 2.73. The summed E-state index contributed by atoms with van der Waals surface area (Å²) in [6.07, 6.45) is 3.30. The van der Waals surface area contributed by atoms with Gasteiger partial charge in [-0.1, -0.05) is 36.4 Å². The Morgan fingerprint density at radius 2 is 1.68 bits per heavy atom. The van der Waals surface area contributed by atoms with Crippen LogP contribution >= 0.6 is 0 Å². The van der Waals surface area contributed by atoms with E-state index in [1.165, 1.54) is 23.5 Å². The molecule has 3 rings (SSSR count). The first-order chi connectivity index (χ1) is 13.5. The van der Waals surface area contributed by atoms with Crippen molar-refractivity contribution in [1.29, 1.82) is 0 Å². The highest BCUT2D eigenvalue weighted by Crippen LogP contribution is 2.18. The summed E-state index contributed by atoms with van der Waals surface area (Å²) in [5.74, 6) is -0.334. The van der Waals surface area contributed by atoms with Gasteiger partial charge in [-0.25, -0.2) is 8.42 Å². The second kappa shape index (κ2) is 8.77. The minimum atomic E-state index is -3.72. The van der Waals surface area contributed by atoms with E-state index in [0.717, 1.165) is 11.1 Å². The monoisotopic (exact) mass is 395 g/mol. The van der Waals surface area contributed by atoms with Gasteiger partial charge in [-0.05, 0) is 41.5 Å². The van der Waals surface area contributed by atoms with Gasteiger partial charge in [0.2, 0.25) is 10.0 Å². The molecule has 0 fully saturated rings. The topological polar surface area (TPSA) is 79.4 Å². The van der Waals surface area contributed by atoms with E-state index in [1.807, 2.05) is 30.3 Å². The highest BCUT2D eigenvalue weighted by Gasteiger charge is 2.22. The van der Waals surface area contributed by atoms with Crippen LogP contribution in [-0.4, -0.2) is 30.7 Å². The van der Waals surface area contributed by atoms with Crippen LogP contribution in [0.4, 0.5) is 0 Å². The van der Waals surface area contributed by atoms with E-state index in [-0.39, 0.29) is 17.3 Å². The number of aromatic nitrogens is 1. The van der Waals surface area contributed by atoms with E-state index in [4.69, 9.17) is 0 Å². The number of nitrogens with one attached hydrogen (secondary N) is 1. The molecule has 0 aliphatic rings. The largest absolute Gasteiger partial charge is 0.348 e. The van der Waals surface area contributed by atoms with E-state index in [1.54, 1.807) is 36.7 Å². The van der Waals surface area contributed by atoms with Crippen LogP contribution in [0.15, 0.2) is 84.0 Å². The van der Waals surface area contributed by atoms with Crippen LogP contribution < -0.4 is 5.32 Å². The van der Waals surface area contributed by atoms with Gasteiger partial charge in [0.05, 0.1) is 4.90 Å². The Kier molecular flexibility index (Phi) is 6.18. The molecule has 0 aliphatic heterocycles. The zero-order chi connectivity index (χ0) is 20.0. The molecule has 1 heterocycles. The van der Waals surface area contributed by atoms with Crippen LogP contribution in [0.25, 0.3) is 0 Å². The molecule has 0 spiro atoms. The Balaban J connectivity index is 1.73. The van der Waals surface area contributed by atoms with Crippen molar-refractivity contribution in [2.24, 2.45) is 0 Å². The number of nitrogens with zero attached hydrogens (tertiary/aromatic N) is 2. The van der Waals surface area contributed by atoms with Crippen molar-refractivity contribution in [1.82, 2.24) is 14.6 Å². The number of benzene rings is 2. The predicted octanol–water partition coefficient (Wildman–Crippen LogP) is 2.83. The maximum Gasteiger partial charge on any atom is 0.251 e. The van der Waals surface area contributed by atoms with Gasteiger partial charge < -0.3 is 5.32 Å². The Morgan fingerprint density at radius 1 is 0.964 bits per heavy atom. The minimum Gasteiger partial charge on any atom is -0.348 e. The lowest BCUT2D eigenvalue weighted by Crippen LogP contribution is -2.27. The van der Waals surface area contributed by atoms with Crippen LogP contribution in [0.2, 0.25) is 0 Å². The van der Waals surface area contributed by atoms with Gasteiger partial charge in [0.25, 0.3) is 5.91 Å². The third-order valence-corrected chi connectivity index (χ3v) is 6.05. The van der Waals surface area contributed by atoms with E-state index in [0.29, 0.717) is 12.1 Å². The Hall–Kier alpha value is -3.03. The van der Waals surface area contributed by atoms with Crippen LogP contribution in [-0.2, 0) is 23.1 Å². The molecule has 0 atom stereocenters. The first-order valence-corrected chi connectivity index (χ1v) is 10.2. The molecular formula is C21H21N3O3S. The van der Waals surface area contributed by atoms with Gasteiger partial charge in [-0.3, -0.25) is 9.78 Å². The van der Waals surface area contributed by atoms with Crippen molar-refractivity contribution in [3.05, 3.63) is 95.8 Å². The standard InChI is InChI=1S/C21H21N3O3S/c1-24(16-18-6-3-2-4-7-18)28(26,27)20-9-5-8-19(14-20)21(25)23-15-17-10-12-22-13-11-17/h2-14H,15-16H2,1H3,(H,23,25). The number of hydrogen-bond donors (Lipinski definition) is 1. The SMILES string of the molecule is CN(Cc1ccccc1)S(=O)(=O)c1cccc(C(=O)NCc2ccncc2)c1. The van der Waals surface area contributed by atoms with E-state index in [9.17, 15) is 13.2 Å². The molecule has 1 amide bonds. The molecule has 7 heteroatoms. The number of sulfonamides is 1. The van der Waals surface area contributed by atoms with Gasteiger partial charge in [-0.2, -0.15) is 4.31 Å². The average molecular weight is 395 g/mol. The summed E-state index contributed by atoms with van der Waals surface area (Å²) in [5, 5.41) is 2.79. The second-order valence-electron chi connectivity index (χ2n) is 6.31. The number of amides is 1. The van der Waals surface area contributed by atoms with Crippen LogP contribution in [0.5, 0.6) is 0 Å². The molecule has 0 saturated heterocycles. The highest BCUT2D eigenvalue weighted by molar-refractivity contribution is 7.89. The quantitative estimate of drug-likeness (QED) is 0.667. The third kappa shape index (κ3) is 4.82. The molecule has 1 aromatic heterocycles. The van der Waals surface area contributed by atoms with Gasteiger partial charge in [0, 0.05) is 38.1 Å². The molecule has 3 aromatic rings. The number of hydrogen-bond acceptors (Lipinski definition) is 4. The van der Waals surface area contributed by atoms with Gasteiger partial charge in [0.1, 0.15) is 0 Å². The fraction of sp³-hybridized carbons (Fsp3) is 0.143. The summed E-state index contributed by atoms with van der Waals surface area (Å²) >= 11 is 0. The second-order valence-corrected chi connectivity index (χ2v) is 8.36. The molecule has 0 bridgehead atoms. The molecule has 144 valence electrons. The summed E-state index contributed by atoms with van der Waals surface area (Å²) in [6, 6.07) is 19.0. The Morgan fingerprint density at radius 3 is 2.39 bits per heavy atom. The molecule has 2 aromatic carbocycles. The molecule has 28 heavy (non-hydrogen) atoms. The first-order valence-electron chi connectivity index (χ1n) is 8.74. The Labute approximate surface area is 164 Å². The minimum absolute atomic E-state index is 0.0856. The third-order valence-electron chi connectivity index (χ3n) is 4.25. The number of carbonyl (C=O) groups excluding carboxylic acids is 1. The van der Waals surface area contributed by atoms with E-state index >= 15 is 0 Å².